The molecule has 0 saturated carbocycles. The molecule has 0 spiro atoms. The van der Waals surface area contributed by atoms with Crippen molar-refractivity contribution in [3.63, 3.8) is 0 Å². The second-order valence-electron chi connectivity index (χ2n) is 6.79. The van der Waals surface area contributed by atoms with E-state index in [4.69, 9.17) is 0 Å². The lowest BCUT2D eigenvalue weighted by atomic mass is 10.0. The summed E-state index contributed by atoms with van der Waals surface area (Å²) in [5.41, 5.74) is 0.253. The average molecular weight is 447 g/mol. The van der Waals surface area contributed by atoms with Gasteiger partial charge in [-0.1, -0.05) is 12.5 Å². The normalized spacial score (nSPS) is 19.0. The van der Waals surface area contributed by atoms with Gasteiger partial charge in [-0.3, -0.25) is 0 Å². The first-order valence-corrected chi connectivity index (χ1v) is 12.8. The predicted octanol–water partition coefficient (Wildman–Crippen LogP) is 3.11. The van der Waals surface area contributed by atoms with Crippen LogP contribution in [-0.2, 0) is 20.0 Å². The highest BCUT2D eigenvalue weighted by Crippen LogP contribution is 2.29. The van der Waals surface area contributed by atoms with Gasteiger partial charge in [0.1, 0.15) is 10.0 Å². The van der Waals surface area contributed by atoms with Crippen LogP contribution in [-0.4, -0.2) is 40.3 Å². The van der Waals surface area contributed by atoms with E-state index in [1.54, 1.807) is 17.5 Å². The van der Waals surface area contributed by atoms with Crippen molar-refractivity contribution in [3.05, 3.63) is 47.1 Å². The number of thiophene rings is 1. The molecule has 1 unspecified atom stereocenters. The van der Waals surface area contributed by atoms with E-state index in [-0.39, 0.29) is 23.0 Å². The molecule has 10 heteroatoms. The monoisotopic (exact) mass is 446 g/mol. The van der Waals surface area contributed by atoms with Crippen molar-refractivity contribution in [2.45, 2.75) is 47.8 Å². The van der Waals surface area contributed by atoms with Crippen LogP contribution in [0.5, 0.6) is 0 Å². The van der Waals surface area contributed by atoms with Crippen LogP contribution in [0.25, 0.3) is 0 Å². The molecule has 1 N–H and O–H groups in total. The maximum atomic E-state index is 13.4. The number of nitrogens with one attached hydrogen (secondary N) is 1. The Balaban J connectivity index is 1.67. The average Bonchev–Trinajstić information content (AvgIpc) is 3.20. The van der Waals surface area contributed by atoms with Crippen molar-refractivity contribution in [1.82, 2.24) is 9.03 Å². The number of nitrogens with zero attached hydrogens (tertiary/aromatic N) is 1. The first-order valence-electron chi connectivity index (χ1n) is 9.03. The van der Waals surface area contributed by atoms with Gasteiger partial charge in [0.15, 0.2) is 0 Å². The zero-order chi connectivity index (χ0) is 20.4. The molecule has 1 aliphatic heterocycles. The third-order valence-corrected chi connectivity index (χ3v) is 9.62. The Bertz CT molecular complexity index is 1020. The Kier molecular flexibility index (Phi) is 6.55. The molecule has 28 heavy (non-hydrogen) atoms. The predicted molar refractivity (Wildman–Crippen MR) is 107 cm³/mol. The fourth-order valence-electron chi connectivity index (χ4n) is 3.33. The highest BCUT2D eigenvalue weighted by molar-refractivity contribution is 7.91. The van der Waals surface area contributed by atoms with Gasteiger partial charge < -0.3 is 0 Å². The van der Waals surface area contributed by atoms with Crippen LogP contribution in [0.1, 0.15) is 31.2 Å². The van der Waals surface area contributed by atoms with Gasteiger partial charge >= 0.3 is 0 Å². The summed E-state index contributed by atoms with van der Waals surface area (Å²) in [5, 5.41) is 1.73. The van der Waals surface area contributed by atoms with Crippen LogP contribution < -0.4 is 4.72 Å². The molecule has 1 aromatic heterocycles. The van der Waals surface area contributed by atoms with Crippen molar-refractivity contribution >= 4 is 31.4 Å². The molecular weight excluding hydrogens is 423 g/mol. The number of hydrogen-bond acceptors (Lipinski definition) is 5. The Hall–Kier alpha value is -1.33. The summed E-state index contributed by atoms with van der Waals surface area (Å²) in [4.78, 5) is -0.00175. The van der Waals surface area contributed by atoms with Gasteiger partial charge in [0.2, 0.25) is 10.0 Å². The van der Waals surface area contributed by atoms with E-state index in [9.17, 15) is 21.2 Å². The lowest BCUT2D eigenvalue weighted by Crippen LogP contribution is -2.44. The summed E-state index contributed by atoms with van der Waals surface area (Å²) in [6, 6.07) is 6.67. The zero-order valence-electron chi connectivity index (χ0n) is 15.5. The number of benzene rings is 1. The number of sulfonamides is 2. The van der Waals surface area contributed by atoms with Crippen LogP contribution in [0, 0.1) is 12.7 Å². The first-order chi connectivity index (χ1) is 13.2. The van der Waals surface area contributed by atoms with Crippen LogP contribution in [0.3, 0.4) is 0 Å². The Morgan fingerprint density at radius 1 is 1.21 bits per heavy atom. The quantitative estimate of drug-likeness (QED) is 0.708. The first kappa shape index (κ1) is 21.4. The fraction of sp³-hybridized carbons (Fsp3) is 0.444. The second kappa shape index (κ2) is 8.58. The summed E-state index contributed by atoms with van der Waals surface area (Å²) < 4.78 is 68.3. The lowest BCUT2D eigenvalue weighted by Gasteiger charge is -2.34. The fourth-order valence-corrected chi connectivity index (χ4v) is 7.31. The summed E-state index contributed by atoms with van der Waals surface area (Å²) in [6.07, 6.45) is 2.78. The van der Waals surface area contributed by atoms with E-state index < -0.39 is 25.9 Å². The number of rotatable bonds is 7. The minimum Gasteiger partial charge on any atom is -0.211 e. The van der Waals surface area contributed by atoms with E-state index in [0.29, 0.717) is 23.6 Å². The molecule has 1 aliphatic rings. The zero-order valence-corrected chi connectivity index (χ0v) is 17.9. The third-order valence-electron chi connectivity index (χ3n) is 4.84. The molecule has 2 heterocycles. The molecule has 0 amide bonds. The van der Waals surface area contributed by atoms with E-state index in [0.717, 1.165) is 18.9 Å². The minimum absolute atomic E-state index is 0.00175. The summed E-state index contributed by atoms with van der Waals surface area (Å²) in [5.74, 6) is -0.462. The summed E-state index contributed by atoms with van der Waals surface area (Å²) >= 11 is 1.18. The topological polar surface area (TPSA) is 83.6 Å². The summed E-state index contributed by atoms with van der Waals surface area (Å²) in [7, 11) is -7.34. The smallest absolute Gasteiger partial charge is 0.211 e. The Labute approximate surface area is 169 Å². The van der Waals surface area contributed by atoms with Crippen molar-refractivity contribution in [3.8, 4) is 0 Å². The molecule has 0 bridgehead atoms. The highest BCUT2D eigenvalue weighted by atomic mass is 32.2. The van der Waals surface area contributed by atoms with Gasteiger partial charge in [-0.15, -0.1) is 11.3 Å². The molecule has 6 nitrogen and oxygen atoms in total. The third kappa shape index (κ3) is 4.62. The van der Waals surface area contributed by atoms with E-state index >= 15 is 0 Å². The van der Waals surface area contributed by atoms with Crippen LogP contribution in [0.15, 0.2) is 44.8 Å². The molecule has 1 aromatic carbocycles. The van der Waals surface area contributed by atoms with Gasteiger partial charge in [-0.05, 0) is 61.4 Å². The highest BCUT2D eigenvalue weighted by Gasteiger charge is 2.34. The maximum absolute atomic E-state index is 13.4. The molecule has 0 radical (unpaired) electrons. The van der Waals surface area contributed by atoms with Gasteiger partial charge in [-0.2, -0.15) is 4.31 Å². The van der Waals surface area contributed by atoms with Crippen LogP contribution >= 0.6 is 11.3 Å². The molecule has 154 valence electrons. The van der Waals surface area contributed by atoms with Crippen LogP contribution in [0.2, 0.25) is 0 Å². The van der Waals surface area contributed by atoms with Gasteiger partial charge in [0.05, 0.1) is 4.90 Å². The molecule has 1 fully saturated rings. The van der Waals surface area contributed by atoms with Crippen molar-refractivity contribution in [2.75, 3.05) is 13.1 Å². The van der Waals surface area contributed by atoms with Gasteiger partial charge in [0.25, 0.3) is 10.0 Å². The molecule has 3 rings (SSSR count). The van der Waals surface area contributed by atoms with E-state index in [1.165, 1.54) is 34.7 Å². The Morgan fingerprint density at radius 2 is 2.00 bits per heavy atom. The Morgan fingerprint density at radius 3 is 2.68 bits per heavy atom. The van der Waals surface area contributed by atoms with Crippen molar-refractivity contribution in [1.29, 1.82) is 0 Å². The number of piperidine rings is 1. The maximum Gasteiger partial charge on any atom is 0.252 e. The van der Waals surface area contributed by atoms with Gasteiger partial charge in [0, 0.05) is 19.1 Å². The molecular formula is C18H23FN2O4S3. The number of halogens is 1. The summed E-state index contributed by atoms with van der Waals surface area (Å²) in [6.45, 7) is 2.05. The minimum atomic E-state index is -3.78. The SMILES string of the molecule is Cc1cc(S(=O)(=O)NCCC2CCCCN2S(=O)(=O)c2cccs2)ccc1F. The number of aryl methyl sites for hydroxylation is 1. The van der Waals surface area contributed by atoms with Crippen LogP contribution in [0.4, 0.5) is 4.39 Å². The molecule has 2 aromatic rings. The van der Waals surface area contributed by atoms with E-state index in [1.807, 2.05) is 0 Å². The lowest BCUT2D eigenvalue weighted by molar-refractivity contribution is 0.242. The molecule has 1 saturated heterocycles. The largest absolute Gasteiger partial charge is 0.252 e. The van der Waals surface area contributed by atoms with Gasteiger partial charge in [-0.25, -0.2) is 25.9 Å². The molecule has 1 atom stereocenters. The molecule has 0 aliphatic carbocycles. The second-order valence-corrected chi connectivity index (χ2v) is 11.6. The van der Waals surface area contributed by atoms with Crippen molar-refractivity contribution < 1.29 is 21.2 Å². The van der Waals surface area contributed by atoms with E-state index in [2.05, 4.69) is 4.72 Å². The standard InChI is InChI=1S/C18H23FN2O4S3/c1-14-13-16(7-8-17(14)19)27(22,23)20-10-9-15-5-2-3-11-21(15)28(24,25)18-6-4-12-26-18/h4,6-8,12-13,15,20H,2-3,5,9-11H2,1H3. The number of hydrogen-bond donors (Lipinski definition) is 1. The van der Waals surface area contributed by atoms with Crippen molar-refractivity contribution in [2.24, 2.45) is 0 Å².